The fourth-order valence-corrected chi connectivity index (χ4v) is 2.75. The Labute approximate surface area is 151 Å². The predicted molar refractivity (Wildman–Crippen MR) is 101 cm³/mol. The van der Waals surface area contributed by atoms with E-state index in [1.54, 1.807) is 0 Å². The van der Waals surface area contributed by atoms with Crippen LogP contribution in [0.5, 0.6) is 0 Å². The van der Waals surface area contributed by atoms with Crippen molar-refractivity contribution in [1.82, 2.24) is 4.90 Å². The molecule has 1 aromatic heterocycles. The lowest BCUT2D eigenvalue weighted by Crippen LogP contribution is -2.27. The third-order valence-electron chi connectivity index (χ3n) is 4.47. The molecule has 0 aliphatic carbocycles. The van der Waals surface area contributed by atoms with Gasteiger partial charge in [0.2, 0.25) is 5.91 Å². The molecule has 6 heteroatoms. The minimum absolute atomic E-state index is 0.0132. The molecule has 0 unspecified atom stereocenters. The third kappa shape index (κ3) is 4.03. The molecule has 1 heterocycles. The lowest BCUT2D eigenvalue weighted by molar-refractivity contribution is -0.116. The second-order valence-corrected chi connectivity index (χ2v) is 6.38. The van der Waals surface area contributed by atoms with Crippen LogP contribution in [0.3, 0.4) is 0 Å². The highest BCUT2D eigenvalue weighted by Crippen LogP contribution is 2.26. The van der Waals surface area contributed by atoms with Crippen molar-refractivity contribution in [3.05, 3.63) is 60.1 Å². The summed E-state index contributed by atoms with van der Waals surface area (Å²) in [7, 11) is 1.92. The van der Waals surface area contributed by atoms with Gasteiger partial charge in [-0.3, -0.25) is 9.69 Å². The summed E-state index contributed by atoms with van der Waals surface area (Å²) in [4.78, 5) is 14.1. The molecule has 0 radical (unpaired) electrons. The second-order valence-electron chi connectivity index (χ2n) is 6.38. The number of carbonyl (C=O) groups excluding carboxylic acids is 1. The Kier molecular flexibility index (Phi) is 5.23. The highest BCUT2D eigenvalue weighted by molar-refractivity contribution is 5.91. The van der Waals surface area contributed by atoms with E-state index in [-0.39, 0.29) is 24.1 Å². The number of furan rings is 1. The van der Waals surface area contributed by atoms with E-state index in [1.807, 2.05) is 49.2 Å². The summed E-state index contributed by atoms with van der Waals surface area (Å²) in [5, 5.41) is 3.62. The topological polar surface area (TPSA) is 71.5 Å². The SMILES string of the molecule is C[C@H](c1cc2ccccc2o1)N(C)CCC(=O)Nc1cc(N)ccc1F. The molecule has 136 valence electrons. The molecule has 1 atom stereocenters. The molecule has 0 bridgehead atoms. The van der Waals surface area contributed by atoms with Crippen LogP contribution in [0.15, 0.2) is 52.9 Å². The molecule has 3 aromatic rings. The number of anilines is 2. The number of hydrogen-bond acceptors (Lipinski definition) is 4. The Bertz CT molecular complexity index is 889. The molecule has 0 aliphatic heterocycles. The zero-order valence-electron chi connectivity index (χ0n) is 14.8. The standard InChI is InChI=1S/C20H22FN3O2/c1-13(19-11-14-5-3-4-6-18(14)26-19)24(2)10-9-20(25)23-17-12-15(22)7-8-16(17)21/h3-8,11-13H,9-10,22H2,1-2H3,(H,23,25)/t13-/m1/s1. The summed E-state index contributed by atoms with van der Waals surface area (Å²) in [5.74, 6) is 0.0747. The molecule has 3 N–H and O–H groups in total. The molecular formula is C20H22FN3O2. The Morgan fingerprint density at radius 1 is 1.27 bits per heavy atom. The second kappa shape index (κ2) is 7.58. The van der Waals surface area contributed by atoms with E-state index in [4.69, 9.17) is 10.2 Å². The van der Waals surface area contributed by atoms with Crippen molar-refractivity contribution >= 4 is 28.3 Å². The van der Waals surface area contributed by atoms with Crippen LogP contribution in [0.1, 0.15) is 25.1 Å². The van der Waals surface area contributed by atoms with Crippen LogP contribution in [-0.4, -0.2) is 24.4 Å². The molecule has 5 nitrogen and oxygen atoms in total. The summed E-state index contributed by atoms with van der Waals surface area (Å²) in [6.07, 6.45) is 0.231. The quantitative estimate of drug-likeness (QED) is 0.651. The van der Waals surface area contributed by atoms with Gasteiger partial charge in [0.15, 0.2) is 0 Å². The maximum absolute atomic E-state index is 13.7. The van der Waals surface area contributed by atoms with Gasteiger partial charge in [0, 0.05) is 24.0 Å². The number of carbonyl (C=O) groups is 1. The van der Waals surface area contributed by atoms with Crippen LogP contribution in [0.2, 0.25) is 0 Å². The number of nitrogens with zero attached hydrogens (tertiary/aromatic N) is 1. The highest BCUT2D eigenvalue weighted by Gasteiger charge is 2.17. The normalized spacial score (nSPS) is 12.5. The van der Waals surface area contributed by atoms with E-state index in [1.165, 1.54) is 18.2 Å². The molecule has 0 spiro atoms. The largest absolute Gasteiger partial charge is 0.459 e. The molecule has 3 rings (SSSR count). The van der Waals surface area contributed by atoms with Crippen molar-refractivity contribution in [2.24, 2.45) is 0 Å². The zero-order chi connectivity index (χ0) is 18.7. The van der Waals surface area contributed by atoms with Crippen LogP contribution in [0.25, 0.3) is 11.0 Å². The Hall–Kier alpha value is -2.86. The number of rotatable bonds is 6. The molecule has 1 amide bonds. The molecule has 0 fully saturated rings. The number of benzene rings is 2. The van der Waals surface area contributed by atoms with Crippen molar-refractivity contribution < 1.29 is 13.6 Å². The predicted octanol–water partition coefficient (Wildman–Crippen LogP) is 4.18. The van der Waals surface area contributed by atoms with Gasteiger partial charge in [0.05, 0.1) is 11.7 Å². The lowest BCUT2D eigenvalue weighted by atomic mass is 10.2. The highest BCUT2D eigenvalue weighted by atomic mass is 19.1. The van der Waals surface area contributed by atoms with Crippen molar-refractivity contribution in [2.45, 2.75) is 19.4 Å². The number of nitrogens with one attached hydrogen (secondary N) is 1. The summed E-state index contributed by atoms with van der Waals surface area (Å²) >= 11 is 0. The number of amides is 1. The molecular weight excluding hydrogens is 333 g/mol. The first-order valence-corrected chi connectivity index (χ1v) is 8.47. The third-order valence-corrected chi connectivity index (χ3v) is 4.47. The first-order chi connectivity index (χ1) is 12.4. The number of fused-ring (bicyclic) bond motifs is 1. The monoisotopic (exact) mass is 355 g/mol. The zero-order valence-corrected chi connectivity index (χ0v) is 14.8. The van der Waals surface area contributed by atoms with E-state index in [0.717, 1.165) is 16.7 Å². The van der Waals surface area contributed by atoms with Gasteiger partial charge in [-0.2, -0.15) is 0 Å². The minimum Gasteiger partial charge on any atom is -0.459 e. The van der Waals surface area contributed by atoms with Gasteiger partial charge in [-0.1, -0.05) is 18.2 Å². The number of nitrogen functional groups attached to an aromatic ring is 1. The van der Waals surface area contributed by atoms with Gasteiger partial charge in [-0.15, -0.1) is 0 Å². The first-order valence-electron chi connectivity index (χ1n) is 8.47. The molecule has 0 aliphatic rings. The number of halogens is 1. The van der Waals surface area contributed by atoms with E-state index in [2.05, 4.69) is 5.32 Å². The fourth-order valence-electron chi connectivity index (χ4n) is 2.75. The molecule has 0 saturated carbocycles. The van der Waals surface area contributed by atoms with E-state index in [9.17, 15) is 9.18 Å². The Morgan fingerprint density at radius 2 is 2.04 bits per heavy atom. The van der Waals surface area contributed by atoms with Crippen molar-refractivity contribution in [3.63, 3.8) is 0 Å². The molecule has 2 aromatic carbocycles. The minimum atomic E-state index is -0.503. The van der Waals surface area contributed by atoms with Gasteiger partial charge in [-0.25, -0.2) is 4.39 Å². The van der Waals surface area contributed by atoms with Gasteiger partial charge in [-0.05, 0) is 44.3 Å². The van der Waals surface area contributed by atoms with E-state index in [0.29, 0.717) is 12.2 Å². The van der Waals surface area contributed by atoms with Crippen LogP contribution >= 0.6 is 0 Å². The first kappa shape index (κ1) is 17.9. The summed E-state index contributed by atoms with van der Waals surface area (Å²) in [5.41, 5.74) is 6.97. The maximum Gasteiger partial charge on any atom is 0.225 e. The van der Waals surface area contributed by atoms with Crippen molar-refractivity contribution in [2.75, 3.05) is 24.6 Å². The number of nitrogens with two attached hydrogens (primary N) is 1. The summed E-state index contributed by atoms with van der Waals surface area (Å²) in [6.45, 7) is 2.53. The van der Waals surface area contributed by atoms with Crippen molar-refractivity contribution in [3.8, 4) is 0 Å². The van der Waals surface area contributed by atoms with E-state index >= 15 is 0 Å². The van der Waals surface area contributed by atoms with Crippen LogP contribution < -0.4 is 11.1 Å². The van der Waals surface area contributed by atoms with Gasteiger partial charge >= 0.3 is 0 Å². The average molecular weight is 355 g/mol. The number of hydrogen-bond donors (Lipinski definition) is 2. The van der Waals surface area contributed by atoms with Crippen molar-refractivity contribution in [1.29, 1.82) is 0 Å². The number of para-hydroxylation sites is 1. The smallest absolute Gasteiger partial charge is 0.225 e. The molecule has 26 heavy (non-hydrogen) atoms. The lowest BCUT2D eigenvalue weighted by Gasteiger charge is -2.22. The average Bonchev–Trinajstić information content (AvgIpc) is 3.06. The van der Waals surface area contributed by atoms with Gasteiger partial charge < -0.3 is 15.5 Å². The Balaban J connectivity index is 1.58. The van der Waals surface area contributed by atoms with Crippen LogP contribution in [0.4, 0.5) is 15.8 Å². The fraction of sp³-hybridized carbons (Fsp3) is 0.250. The van der Waals surface area contributed by atoms with Crippen LogP contribution in [-0.2, 0) is 4.79 Å². The van der Waals surface area contributed by atoms with E-state index < -0.39 is 5.82 Å². The summed E-state index contributed by atoms with van der Waals surface area (Å²) < 4.78 is 19.6. The van der Waals surface area contributed by atoms with Gasteiger partial charge in [0.25, 0.3) is 0 Å². The van der Waals surface area contributed by atoms with Gasteiger partial charge in [0.1, 0.15) is 17.2 Å². The van der Waals surface area contributed by atoms with Crippen LogP contribution in [0, 0.1) is 5.82 Å². The Morgan fingerprint density at radius 3 is 2.81 bits per heavy atom. The maximum atomic E-state index is 13.7. The molecule has 0 saturated heterocycles. The summed E-state index contributed by atoms with van der Waals surface area (Å²) in [6, 6.07) is 14.0.